The van der Waals surface area contributed by atoms with E-state index < -0.39 is 5.60 Å². The van der Waals surface area contributed by atoms with Gasteiger partial charge in [-0.3, -0.25) is 4.79 Å². The van der Waals surface area contributed by atoms with E-state index in [4.69, 9.17) is 4.74 Å². The maximum atomic E-state index is 12.7. The van der Waals surface area contributed by atoms with Gasteiger partial charge >= 0.3 is 5.97 Å². The van der Waals surface area contributed by atoms with Crippen LogP contribution in [0.15, 0.2) is 54.1 Å². The Morgan fingerprint density at radius 2 is 1.33 bits per heavy atom. The van der Waals surface area contributed by atoms with Crippen molar-refractivity contribution in [3.8, 4) is 0 Å². The molecule has 242 valence electrons. The SMILES string of the molecule is CCCCCCCCCCCCCCCC1C=C1/C=C\CCCCCCCCC(=O)OC1(c2ccccc2)CCNCC1. The molecule has 1 atom stereocenters. The second-order valence-corrected chi connectivity index (χ2v) is 13.5. The van der Waals surface area contributed by atoms with Gasteiger partial charge in [-0.1, -0.05) is 165 Å². The predicted molar refractivity (Wildman–Crippen MR) is 184 cm³/mol. The standard InChI is InChI=1S/C40H65NO2/c1-2-3-4-5-6-7-8-9-10-11-14-17-21-26-36-35-37(36)27-22-18-15-12-13-16-19-25-30-39(42)43-40(31-33-41-34-32-40)38-28-23-20-24-29-38/h20,22-24,27-29,35-36,41H,2-19,21,25-26,30-34H2,1H3/b27-22-. The van der Waals surface area contributed by atoms with Gasteiger partial charge in [0.2, 0.25) is 0 Å². The van der Waals surface area contributed by atoms with Crippen molar-refractivity contribution in [3.63, 3.8) is 0 Å². The zero-order valence-corrected chi connectivity index (χ0v) is 27.9. The lowest BCUT2D eigenvalue weighted by Crippen LogP contribution is -2.43. The van der Waals surface area contributed by atoms with Crippen LogP contribution in [0.1, 0.15) is 167 Å². The van der Waals surface area contributed by atoms with E-state index in [0.717, 1.165) is 50.3 Å². The molecule has 1 N–H and O–H groups in total. The predicted octanol–water partition coefficient (Wildman–Crippen LogP) is 11.5. The van der Waals surface area contributed by atoms with Gasteiger partial charge in [-0.25, -0.2) is 0 Å². The fourth-order valence-corrected chi connectivity index (χ4v) is 6.74. The minimum Gasteiger partial charge on any atom is -0.454 e. The van der Waals surface area contributed by atoms with Crippen LogP contribution < -0.4 is 5.32 Å². The van der Waals surface area contributed by atoms with Crippen LogP contribution in [-0.2, 0) is 15.1 Å². The van der Waals surface area contributed by atoms with Crippen molar-refractivity contribution in [2.75, 3.05) is 13.1 Å². The summed E-state index contributed by atoms with van der Waals surface area (Å²) < 4.78 is 6.14. The molecule has 0 aromatic heterocycles. The first-order valence-electron chi connectivity index (χ1n) is 18.6. The van der Waals surface area contributed by atoms with Gasteiger partial charge in [0, 0.05) is 25.2 Å². The van der Waals surface area contributed by atoms with E-state index in [0.29, 0.717) is 6.42 Å². The third-order valence-corrected chi connectivity index (χ3v) is 9.66. The van der Waals surface area contributed by atoms with Crippen molar-refractivity contribution in [1.29, 1.82) is 0 Å². The van der Waals surface area contributed by atoms with Crippen LogP contribution in [0.5, 0.6) is 0 Å². The van der Waals surface area contributed by atoms with Gasteiger partial charge in [0.25, 0.3) is 0 Å². The number of rotatable bonds is 26. The summed E-state index contributed by atoms with van der Waals surface area (Å²) in [6, 6.07) is 10.3. The van der Waals surface area contributed by atoms with Crippen LogP contribution in [0.3, 0.4) is 0 Å². The summed E-state index contributed by atoms with van der Waals surface area (Å²) in [6.07, 6.45) is 37.9. The number of hydrogen-bond acceptors (Lipinski definition) is 3. The third-order valence-electron chi connectivity index (χ3n) is 9.66. The van der Waals surface area contributed by atoms with Crippen LogP contribution >= 0.6 is 0 Å². The number of unbranched alkanes of at least 4 members (excludes halogenated alkanes) is 18. The van der Waals surface area contributed by atoms with Gasteiger partial charge in [0.15, 0.2) is 0 Å². The topological polar surface area (TPSA) is 38.3 Å². The molecule has 0 spiro atoms. The van der Waals surface area contributed by atoms with E-state index in [9.17, 15) is 4.79 Å². The van der Waals surface area contributed by atoms with E-state index in [2.05, 4.69) is 42.6 Å². The molecule has 1 unspecified atom stereocenters. The maximum absolute atomic E-state index is 12.7. The molecule has 0 bridgehead atoms. The fraction of sp³-hybridized carbons (Fsp3) is 0.725. The van der Waals surface area contributed by atoms with E-state index in [1.54, 1.807) is 5.57 Å². The molecular formula is C40H65NO2. The highest BCUT2D eigenvalue weighted by molar-refractivity contribution is 5.70. The molecule has 1 aliphatic heterocycles. The second kappa shape index (κ2) is 22.6. The second-order valence-electron chi connectivity index (χ2n) is 13.5. The number of hydrogen-bond donors (Lipinski definition) is 1. The lowest BCUT2D eigenvalue weighted by atomic mass is 9.84. The van der Waals surface area contributed by atoms with Crippen molar-refractivity contribution in [3.05, 3.63) is 59.7 Å². The van der Waals surface area contributed by atoms with E-state index in [-0.39, 0.29) is 5.97 Å². The number of nitrogens with one attached hydrogen (secondary N) is 1. The molecule has 1 aliphatic carbocycles. The highest BCUT2D eigenvalue weighted by atomic mass is 16.6. The molecular weight excluding hydrogens is 526 g/mol. The fourth-order valence-electron chi connectivity index (χ4n) is 6.74. The first kappa shape index (κ1) is 35.6. The zero-order chi connectivity index (χ0) is 30.3. The van der Waals surface area contributed by atoms with Gasteiger partial charge in [-0.05, 0) is 49.9 Å². The molecule has 0 radical (unpaired) electrons. The van der Waals surface area contributed by atoms with E-state index in [1.165, 1.54) is 122 Å². The summed E-state index contributed by atoms with van der Waals surface area (Å²) in [5.74, 6) is 0.755. The Morgan fingerprint density at radius 1 is 0.767 bits per heavy atom. The smallest absolute Gasteiger partial charge is 0.306 e. The molecule has 1 aromatic rings. The maximum Gasteiger partial charge on any atom is 0.306 e. The lowest BCUT2D eigenvalue weighted by molar-refractivity contribution is -0.164. The van der Waals surface area contributed by atoms with Crippen LogP contribution in [-0.4, -0.2) is 19.1 Å². The van der Waals surface area contributed by atoms with Crippen molar-refractivity contribution in [2.45, 2.75) is 167 Å². The van der Waals surface area contributed by atoms with Gasteiger partial charge in [0.1, 0.15) is 5.60 Å². The van der Waals surface area contributed by atoms with Crippen LogP contribution in [0.25, 0.3) is 0 Å². The quantitative estimate of drug-likeness (QED) is 0.0860. The minimum absolute atomic E-state index is 0.0299. The number of esters is 1. The van der Waals surface area contributed by atoms with Gasteiger partial charge in [0.05, 0.1) is 0 Å². The summed E-state index contributed by atoms with van der Waals surface area (Å²) in [6.45, 7) is 4.09. The van der Waals surface area contributed by atoms with Gasteiger partial charge in [-0.2, -0.15) is 0 Å². The van der Waals surface area contributed by atoms with Crippen LogP contribution in [0, 0.1) is 5.92 Å². The number of ether oxygens (including phenoxy) is 1. The highest BCUT2D eigenvalue weighted by Crippen LogP contribution is 2.36. The monoisotopic (exact) mass is 592 g/mol. The number of allylic oxidation sites excluding steroid dienone is 4. The Labute approximate surface area is 265 Å². The minimum atomic E-state index is -0.445. The van der Waals surface area contributed by atoms with Crippen molar-refractivity contribution >= 4 is 5.97 Å². The summed E-state index contributed by atoms with van der Waals surface area (Å²) in [5, 5.41) is 3.40. The summed E-state index contributed by atoms with van der Waals surface area (Å²) in [4.78, 5) is 12.7. The Balaban J connectivity index is 1.07. The molecule has 3 nitrogen and oxygen atoms in total. The van der Waals surface area contributed by atoms with Crippen LogP contribution in [0.2, 0.25) is 0 Å². The Bertz CT molecular complexity index is 898. The van der Waals surface area contributed by atoms with Crippen molar-refractivity contribution < 1.29 is 9.53 Å². The summed E-state index contributed by atoms with van der Waals surface area (Å²) in [7, 11) is 0. The highest BCUT2D eigenvalue weighted by Gasteiger charge is 2.37. The third kappa shape index (κ3) is 15.6. The largest absolute Gasteiger partial charge is 0.454 e. The Morgan fingerprint density at radius 3 is 1.95 bits per heavy atom. The average Bonchev–Trinajstić information content (AvgIpc) is 3.79. The first-order valence-corrected chi connectivity index (χ1v) is 18.6. The molecule has 43 heavy (non-hydrogen) atoms. The van der Waals surface area contributed by atoms with Crippen molar-refractivity contribution in [2.24, 2.45) is 5.92 Å². The molecule has 2 aliphatic rings. The van der Waals surface area contributed by atoms with E-state index >= 15 is 0 Å². The molecule has 1 saturated heterocycles. The van der Waals surface area contributed by atoms with E-state index in [1.807, 2.05) is 18.2 Å². The zero-order valence-electron chi connectivity index (χ0n) is 27.9. The normalized spacial score (nSPS) is 17.7. The summed E-state index contributed by atoms with van der Waals surface area (Å²) >= 11 is 0. The molecule has 0 saturated carbocycles. The number of carbonyl (C=O) groups is 1. The first-order chi connectivity index (χ1) is 21.2. The molecule has 1 heterocycles. The number of piperidine rings is 1. The number of benzene rings is 1. The van der Waals surface area contributed by atoms with Crippen molar-refractivity contribution in [1.82, 2.24) is 5.32 Å². The Kier molecular flexibility index (Phi) is 18.7. The number of carbonyl (C=O) groups excluding carboxylic acids is 1. The molecule has 0 amide bonds. The molecule has 1 fully saturated rings. The molecule has 3 rings (SSSR count). The van der Waals surface area contributed by atoms with Gasteiger partial charge < -0.3 is 10.1 Å². The molecule has 3 heteroatoms. The Hall–Kier alpha value is -1.87. The summed E-state index contributed by atoms with van der Waals surface area (Å²) in [5.41, 5.74) is 2.28. The van der Waals surface area contributed by atoms with Crippen LogP contribution in [0.4, 0.5) is 0 Å². The van der Waals surface area contributed by atoms with Gasteiger partial charge in [-0.15, -0.1) is 0 Å². The lowest BCUT2D eigenvalue weighted by Gasteiger charge is -2.37. The molecule has 1 aromatic carbocycles. The average molecular weight is 592 g/mol.